The highest BCUT2D eigenvalue weighted by atomic mass is 16.5. The molecule has 2 atom stereocenters. The van der Waals surface area contributed by atoms with Crippen LogP contribution in [0, 0.1) is 10.8 Å². The third-order valence-electron chi connectivity index (χ3n) is 9.23. The Balaban J connectivity index is 1.78. The third kappa shape index (κ3) is 11.6. The molecule has 4 aromatic carbocycles. The van der Waals surface area contributed by atoms with E-state index in [-0.39, 0.29) is 23.4 Å². The van der Waals surface area contributed by atoms with Crippen molar-refractivity contribution in [2.24, 2.45) is 10.8 Å². The van der Waals surface area contributed by atoms with Gasteiger partial charge >= 0.3 is 17.9 Å². The standard InChI is InChI=1S/C46H55NO8/c1-30(2)47(31(3)4)27-26-38(32-14-12-11-13-15-32)39-28-35(41(52-29-48)33-16-21-36(22-17-33)53-43(50)45(5,6)7)20-25-40(39)55-42(49)34-18-23-37(24-19-34)54-44(51)46(8,9)10/h11-25,28-31,38,41H,26-27H2,1-10H3/t38-,41?/m1/s1. The first-order valence-electron chi connectivity index (χ1n) is 18.8. The highest BCUT2D eigenvalue weighted by Gasteiger charge is 2.28. The second-order valence-electron chi connectivity index (χ2n) is 16.3. The second kappa shape index (κ2) is 18.4. The topological polar surface area (TPSA) is 108 Å². The summed E-state index contributed by atoms with van der Waals surface area (Å²) in [7, 11) is 0. The first-order chi connectivity index (χ1) is 25.9. The molecule has 0 radical (unpaired) electrons. The molecule has 0 aliphatic carbocycles. The zero-order valence-corrected chi connectivity index (χ0v) is 33.8. The lowest BCUT2D eigenvalue weighted by Gasteiger charge is -2.32. The lowest BCUT2D eigenvalue weighted by molar-refractivity contribution is -0.143. The predicted octanol–water partition coefficient (Wildman–Crippen LogP) is 9.71. The average molecular weight is 750 g/mol. The first kappa shape index (κ1) is 42.5. The van der Waals surface area contributed by atoms with E-state index < -0.39 is 22.9 Å². The lowest BCUT2D eigenvalue weighted by atomic mass is 9.85. The van der Waals surface area contributed by atoms with Crippen LogP contribution >= 0.6 is 0 Å². The molecule has 0 aliphatic rings. The minimum atomic E-state index is -0.809. The Kier molecular flexibility index (Phi) is 14.2. The van der Waals surface area contributed by atoms with Crippen molar-refractivity contribution in [3.8, 4) is 17.2 Å². The van der Waals surface area contributed by atoms with E-state index in [2.05, 4.69) is 44.7 Å². The van der Waals surface area contributed by atoms with Gasteiger partial charge in [-0.2, -0.15) is 0 Å². The van der Waals surface area contributed by atoms with Gasteiger partial charge < -0.3 is 18.9 Å². The summed E-state index contributed by atoms with van der Waals surface area (Å²) >= 11 is 0. The van der Waals surface area contributed by atoms with Gasteiger partial charge in [0, 0.05) is 23.6 Å². The number of ether oxygens (including phenoxy) is 4. The van der Waals surface area contributed by atoms with E-state index in [1.165, 1.54) is 0 Å². The highest BCUT2D eigenvalue weighted by molar-refractivity contribution is 5.91. The van der Waals surface area contributed by atoms with Crippen LogP contribution in [-0.2, 0) is 19.1 Å². The van der Waals surface area contributed by atoms with E-state index in [0.717, 1.165) is 17.7 Å². The molecule has 9 nitrogen and oxygen atoms in total. The molecule has 0 saturated carbocycles. The Bertz CT molecular complexity index is 1890. The van der Waals surface area contributed by atoms with Crippen molar-refractivity contribution in [2.75, 3.05) is 6.54 Å². The Labute approximate surface area is 325 Å². The van der Waals surface area contributed by atoms with Crippen LogP contribution in [0.4, 0.5) is 0 Å². The van der Waals surface area contributed by atoms with Crippen molar-refractivity contribution in [2.45, 2.75) is 99.8 Å². The van der Waals surface area contributed by atoms with Crippen molar-refractivity contribution in [1.29, 1.82) is 0 Å². The molecule has 0 fully saturated rings. The Hall–Kier alpha value is -5.28. The second-order valence-corrected chi connectivity index (χ2v) is 16.3. The summed E-state index contributed by atoms with van der Waals surface area (Å²) in [5, 5.41) is 0. The van der Waals surface area contributed by atoms with Gasteiger partial charge in [-0.15, -0.1) is 0 Å². The fourth-order valence-electron chi connectivity index (χ4n) is 6.13. The summed E-state index contributed by atoms with van der Waals surface area (Å²) in [6.07, 6.45) is -0.106. The molecule has 1 unspecified atom stereocenters. The number of esters is 3. The molecular weight excluding hydrogens is 695 g/mol. The van der Waals surface area contributed by atoms with Gasteiger partial charge in [0.25, 0.3) is 6.47 Å². The molecule has 0 N–H and O–H groups in total. The smallest absolute Gasteiger partial charge is 0.343 e. The van der Waals surface area contributed by atoms with Crippen LogP contribution < -0.4 is 14.2 Å². The first-order valence-corrected chi connectivity index (χ1v) is 18.8. The molecule has 0 heterocycles. The normalized spacial score (nSPS) is 13.0. The highest BCUT2D eigenvalue weighted by Crippen LogP contribution is 2.39. The van der Waals surface area contributed by atoms with Crippen molar-refractivity contribution in [1.82, 2.24) is 4.90 Å². The zero-order valence-electron chi connectivity index (χ0n) is 33.8. The number of hydrogen-bond donors (Lipinski definition) is 0. The van der Waals surface area contributed by atoms with Gasteiger partial charge in [0.15, 0.2) is 6.10 Å². The van der Waals surface area contributed by atoms with Gasteiger partial charge in [-0.05, 0) is 147 Å². The molecule has 0 amide bonds. The Morgan fingerprint density at radius 1 is 0.636 bits per heavy atom. The fraction of sp³-hybridized carbons (Fsp3) is 0.391. The van der Waals surface area contributed by atoms with Crippen molar-refractivity contribution in [3.63, 3.8) is 0 Å². The van der Waals surface area contributed by atoms with Gasteiger partial charge in [0.1, 0.15) is 17.2 Å². The molecule has 0 saturated heterocycles. The van der Waals surface area contributed by atoms with E-state index in [1.54, 1.807) is 102 Å². The SMILES string of the molecule is CC(C)N(CC[C@H](c1ccccc1)c1cc(C(OC=O)c2ccc(OC(=O)C(C)(C)C)cc2)ccc1OC(=O)c1ccc(OC(=O)C(C)(C)C)cc1)C(C)C. The lowest BCUT2D eigenvalue weighted by Crippen LogP contribution is -2.38. The summed E-state index contributed by atoms with van der Waals surface area (Å²) in [6.45, 7) is 20.5. The summed E-state index contributed by atoms with van der Waals surface area (Å²) in [6, 6.07) is 29.3. The minimum absolute atomic E-state index is 0.209. The van der Waals surface area contributed by atoms with Crippen LogP contribution in [0.2, 0.25) is 0 Å². The molecule has 292 valence electrons. The molecule has 0 aromatic heterocycles. The number of rotatable bonds is 15. The molecule has 0 aliphatic heterocycles. The monoisotopic (exact) mass is 749 g/mol. The molecule has 4 aromatic rings. The van der Waals surface area contributed by atoms with Crippen molar-refractivity contribution >= 4 is 24.4 Å². The van der Waals surface area contributed by atoms with E-state index >= 15 is 0 Å². The van der Waals surface area contributed by atoms with Crippen LogP contribution in [0.1, 0.15) is 120 Å². The number of benzene rings is 4. The van der Waals surface area contributed by atoms with Crippen LogP contribution in [0.25, 0.3) is 0 Å². The molecule has 0 bridgehead atoms. The summed E-state index contributed by atoms with van der Waals surface area (Å²) in [4.78, 5) is 53.0. The molecule has 55 heavy (non-hydrogen) atoms. The maximum absolute atomic E-state index is 13.7. The number of nitrogens with zero attached hydrogens (tertiary/aromatic N) is 1. The van der Waals surface area contributed by atoms with E-state index in [0.29, 0.717) is 53.4 Å². The zero-order chi connectivity index (χ0) is 40.5. The summed E-state index contributed by atoms with van der Waals surface area (Å²) in [5.41, 5.74) is 2.02. The predicted molar refractivity (Wildman–Crippen MR) is 213 cm³/mol. The molecule has 9 heteroatoms. The number of carbonyl (C=O) groups excluding carboxylic acids is 4. The molecule has 4 rings (SSSR count). The van der Waals surface area contributed by atoms with Crippen molar-refractivity contribution < 1.29 is 38.1 Å². The van der Waals surface area contributed by atoms with Gasteiger partial charge in [-0.25, -0.2) is 4.79 Å². The van der Waals surface area contributed by atoms with Gasteiger partial charge in [-0.3, -0.25) is 19.3 Å². The summed E-state index contributed by atoms with van der Waals surface area (Å²) in [5.74, 6) is -0.476. The van der Waals surface area contributed by atoms with Crippen LogP contribution in [0.15, 0.2) is 97.1 Å². The third-order valence-corrected chi connectivity index (χ3v) is 9.23. The quantitative estimate of drug-likeness (QED) is 0.0667. The number of carbonyl (C=O) groups is 4. The Morgan fingerprint density at radius 2 is 1.15 bits per heavy atom. The number of hydrogen-bond acceptors (Lipinski definition) is 9. The van der Waals surface area contributed by atoms with Crippen LogP contribution in [0.5, 0.6) is 17.2 Å². The van der Waals surface area contributed by atoms with Gasteiger partial charge in [0.2, 0.25) is 0 Å². The van der Waals surface area contributed by atoms with E-state index in [9.17, 15) is 19.2 Å². The van der Waals surface area contributed by atoms with Crippen molar-refractivity contribution in [3.05, 3.63) is 125 Å². The largest absolute Gasteiger partial charge is 0.455 e. The maximum Gasteiger partial charge on any atom is 0.343 e. The summed E-state index contributed by atoms with van der Waals surface area (Å²) < 4.78 is 22.9. The minimum Gasteiger partial charge on any atom is -0.455 e. The van der Waals surface area contributed by atoms with Gasteiger partial charge in [-0.1, -0.05) is 48.5 Å². The van der Waals surface area contributed by atoms with Crippen LogP contribution in [0.3, 0.4) is 0 Å². The average Bonchev–Trinajstić information content (AvgIpc) is 3.12. The fourth-order valence-corrected chi connectivity index (χ4v) is 6.13. The van der Waals surface area contributed by atoms with E-state index in [4.69, 9.17) is 18.9 Å². The molecule has 0 spiro atoms. The molecular formula is C46H55NO8. The van der Waals surface area contributed by atoms with Crippen LogP contribution in [-0.4, -0.2) is 47.9 Å². The van der Waals surface area contributed by atoms with Gasteiger partial charge in [0.05, 0.1) is 16.4 Å². The maximum atomic E-state index is 13.7. The van der Waals surface area contributed by atoms with E-state index in [1.807, 2.05) is 24.3 Å². The Morgan fingerprint density at radius 3 is 1.64 bits per heavy atom.